The summed E-state index contributed by atoms with van der Waals surface area (Å²) in [5, 5.41) is 6.07. The van der Waals surface area contributed by atoms with Crippen LogP contribution in [-0.4, -0.2) is 29.8 Å². The van der Waals surface area contributed by atoms with E-state index in [2.05, 4.69) is 27.7 Å². The average Bonchev–Trinajstić information content (AvgIpc) is 3.44. The van der Waals surface area contributed by atoms with Crippen molar-refractivity contribution in [1.29, 1.82) is 0 Å². The first-order valence-corrected chi connectivity index (χ1v) is 13.4. The normalized spacial score (nSPS) is 24.8. The van der Waals surface area contributed by atoms with Crippen molar-refractivity contribution in [1.82, 2.24) is 5.32 Å². The summed E-state index contributed by atoms with van der Waals surface area (Å²) in [7, 11) is 0. The van der Waals surface area contributed by atoms with E-state index in [1.54, 1.807) is 0 Å². The minimum Gasteiger partial charge on any atom is -0.368 e. The quantitative estimate of drug-likeness (QED) is 0.596. The molecular formula is C29H34N4O3. The molecule has 2 aliphatic carbocycles. The highest BCUT2D eigenvalue weighted by molar-refractivity contribution is 6.01. The highest BCUT2D eigenvalue weighted by atomic mass is 16.2. The summed E-state index contributed by atoms with van der Waals surface area (Å²) in [5.41, 5.74) is 9.44. The zero-order chi connectivity index (χ0) is 24.9. The van der Waals surface area contributed by atoms with Crippen LogP contribution in [0.2, 0.25) is 0 Å². The van der Waals surface area contributed by atoms with Gasteiger partial charge in [-0.15, -0.1) is 0 Å². The fraction of sp³-hybridized carbons (Fsp3) is 0.483. The van der Waals surface area contributed by atoms with E-state index in [9.17, 15) is 14.4 Å². The Kier molecular flexibility index (Phi) is 5.73. The van der Waals surface area contributed by atoms with E-state index in [4.69, 9.17) is 5.73 Å². The monoisotopic (exact) mass is 486 g/mol. The van der Waals surface area contributed by atoms with Crippen LogP contribution in [0.4, 0.5) is 11.4 Å². The Morgan fingerprint density at radius 2 is 1.72 bits per heavy atom. The van der Waals surface area contributed by atoms with Crippen LogP contribution >= 0.6 is 0 Å². The summed E-state index contributed by atoms with van der Waals surface area (Å²) in [6.07, 6.45) is 9.02. The van der Waals surface area contributed by atoms with Crippen LogP contribution < -0.4 is 21.3 Å². The topological polar surface area (TPSA) is 105 Å². The molecule has 6 rings (SSSR count). The second-order valence-electron chi connectivity index (χ2n) is 11.0. The first kappa shape index (κ1) is 23.1. The van der Waals surface area contributed by atoms with Crippen molar-refractivity contribution in [2.24, 2.45) is 11.7 Å². The number of nitrogens with two attached hydrogens (primary N) is 1. The van der Waals surface area contributed by atoms with Gasteiger partial charge >= 0.3 is 0 Å². The zero-order valence-corrected chi connectivity index (χ0v) is 20.6. The largest absolute Gasteiger partial charge is 0.368 e. The Morgan fingerprint density at radius 1 is 0.972 bits per heavy atom. The number of nitrogens with zero attached hydrogens (tertiary/aromatic N) is 1. The number of para-hydroxylation sites is 1. The molecule has 188 valence electrons. The van der Waals surface area contributed by atoms with Crippen LogP contribution in [0.5, 0.6) is 0 Å². The second-order valence-corrected chi connectivity index (χ2v) is 11.0. The molecule has 4 N–H and O–H groups in total. The minimum absolute atomic E-state index is 0.0448. The van der Waals surface area contributed by atoms with Gasteiger partial charge in [0, 0.05) is 22.9 Å². The van der Waals surface area contributed by atoms with E-state index in [0.29, 0.717) is 24.3 Å². The predicted molar refractivity (Wildman–Crippen MR) is 139 cm³/mol. The number of hydrogen-bond acceptors (Lipinski definition) is 4. The highest BCUT2D eigenvalue weighted by Gasteiger charge is 2.47. The van der Waals surface area contributed by atoms with Gasteiger partial charge in [-0.1, -0.05) is 56.4 Å². The molecule has 0 aromatic heterocycles. The lowest BCUT2D eigenvalue weighted by molar-refractivity contribution is -0.124. The van der Waals surface area contributed by atoms with Gasteiger partial charge in [0.15, 0.2) is 0 Å². The third kappa shape index (κ3) is 3.76. The van der Waals surface area contributed by atoms with Crippen molar-refractivity contribution < 1.29 is 14.4 Å². The number of amides is 3. The van der Waals surface area contributed by atoms with Crippen LogP contribution in [0.15, 0.2) is 42.5 Å². The van der Waals surface area contributed by atoms with Gasteiger partial charge < -0.3 is 21.3 Å². The summed E-state index contributed by atoms with van der Waals surface area (Å²) in [6.45, 7) is 0.242. The lowest BCUT2D eigenvalue weighted by atomic mass is 9.73. The Morgan fingerprint density at radius 3 is 2.47 bits per heavy atom. The molecule has 0 radical (unpaired) electrons. The minimum atomic E-state index is -0.968. The Hall–Kier alpha value is -3.35. The summed E-state index contributed by atoms with van der Waals surface area (Å²) in [4.78, 5) is 40.8. The molecule has 2 fully saturated rings. The van der Waals surface area contributed by atoms with Crippen LogP contribution in [0.25, 0.3) is 0 Å². The number of anilines is 2. The van der Waals surface area contributed by atoms with Gasteiger partial charge in [0.1, 0.15) is 5.54 Å². The van der Waals surface area contributed by atoms with Gasteiger partial charge in [0.25, 0.3) is 5.91 Å². The van der Waals surface area contributed by atoms with E-state index >= 15 is 0 Å². The fourth-order valence-electron chi connectivity index (χ4n) is 7.19. The van der Waals surface area contributed by atoms with Gasteiger partial charge in [-0.2, -0.15) is 0 Å². The fourth-order valence-corrected chi connectivity index (χ4v) is 7.19. The SMILES string of the molecule is NC(=O)C1(NC(=O)c2ccc3c(c2)N2CC(=O)Nc4ccccc4C2C3C2CCCCC2)CCCC1. The van der Waals surface area contributed by atoms with E-state index in [1.807, 2.05) is 30.3 Å². The molecule has 2 saturated carbocycles. The van der Waals surface area contributed by atoms with Gasteiger partial charge in [0.2, 0.25) is 11.8 Å². The maximum absolute atomic E-state index is 13.4. The molecular weight excluding hydrogens is 452 g/mol. The highest BCUT2D eigenvalue weighted by Crippen LogP contribution is 2.56. The number of carbonyl (C=O) groups excluding carboxylic acids is 3. The molecule has 7 heteroatoms. The van der Waals surface area contributed by atoms with Crippen molar-refractivity contribution in [3.05, 3.63) is 59.2 Å². The maximum Gasteiger partial charge on any atom is 0.252 e. The van der Waals surface area contributed by atoms with Gasteiger partial charge in [0.05, 0.1) is 12.6 Å². The van der Waals surface area contributed by atoms with Gasteiger partial charge in [-0.25, -0.2) is 0 Å². The summed E-state index contributed by atoms with van der Waals surface area (Å²) >= 11 is 0. The number of hydrogen-bond donors (Lipinski definition) is 3. The molecule has 0 bridgehead atoms. The van der Waals surface area contributed by atoms with Crippen molar-refractivity contribution in [3.8, 4) is 0 Å². The first-order valence-electron chi connectivity index (χ1n) is 13.4. The molecule has 2 aromatic carbocycles. The van der Waals surface area contributed by atoms with E-state index in [0.717, 1.165) is 29.8 Å². The molecule has 2 unspecified atom stereocenters. The Balaban J connectivity index is 1.41. The van der Waals surface area contributed by atoms with Crippen LogP contribution in [-0.2, 0) is 9.59 Å². The molecule has 3 amide bonds. The summed E-state index contributed by atoms with van der Waals surface area (Å²) in [5.74, 6) is 0.000341. The van der Waals surface area contributed by atoms with Crippen molar-refractivity contribution in [2.45, 2.75) is 75.3 Å². The van der Waals surface area contributed by atoms with E-state index in [-0.39, 0.29) is 30.3 Å². The van der Waals surface area contributed by atoms with Gasteiger partial charge in [-0.05, 0) is 60.9 Å². The number of benzene rings is 2. The van der Waals surface area contributed by atoms with Crippen molar-refractivity contribution in [2.75, 3.05) is 16.8 Å². The number of nitrogens with one attached hydrogen (secondary N) is 2. The van der Waals surface area contributed by atoms with Gasteiger partial charge in [-0.3, -0.25) is 14.4 Å². The van der Waals surface area contributed by atoms with E-state index in [1.165, 1.54) is 37.7 Å². The third-order valence-corrected chi connectivity index (χ3v) is 8.94. The third-order valence-electron chi connectivity index (χ3n) is 8.94. The number of carbonyl (C=O) groups is 3. The standard InChI is InChI=1S/C29H34N4O3/c30-28(36)29(14-6-7-15-29)32-27(35)19-12-13-21-23(16-19)33-17-24(34)31-22-11-5-4-10-20(22)26(33)25(21)18-8-2-1-3-9-18/h4-5,10-13,16,18,25-26H,1-3,6-9,14-15,17H2,(H2,30,36)(H,31,34)(H,32,35). The number of fused-ring (bicyclic) bond motifs is 5. The Bertz CT molecular complexity index is 1210. The summed E-state index contributed by atoms with van der Waals surface area (Å²) < 4.78 is 0. The average molecular weight is 487 g/mol. The smallest absolute Gasteiger partial charge is 0.252 e. The van der Waals surface area contributed by atoms with Crippen molar-refractivity contribution in [3.63, 3.8) is 0 Å². The molecule has 2 atom stereocenters. The molecule has 7 nitrogen and oxygen atoms in total. The molecule has 4 aliphatic rings. The molecule has 2 aromatic rings. The molecule has 36 heavy (non-hydrogen) atoms. The van der Waals surface area contributed by atoms with Crippen LogP contribution in [0.1, 0.15) is 91.2 Å². The summed E-state index contributed by atoms with van der Waals surface area (Å²) in [6, 6.07) is 14.1. The second kappa shape index (κ2) is 8.95. The lowest BCUT2D eigenvalue weighted by Gasteiger charge is -2.35. The van der Waals surface area contributed by atoms with E-state index < -0.39 is 11.4 Å². The van der Waals surface area contributed by atoms with Crippen LogP contribution in [0.3, 0.4) is 0 Å². The number of rotatable bonds is 4. The Labute approximate surface area is 211 Å². The zero-order valence-electron chi connectivity index (χ0n) is 20.6. The molecule has 2 heterocycles. The molecule has 0 spiro atoms. The first-order chi connectivity index (χ1) is 17.5. The lowest BCUT2D eigenvalue weighted by Crippen LogP contribution is -2.55. The number of primary amides is 1. The molecule has 0 saturated heterocycles. The predicted octanol–water partition coefficient (Wildman–Crippen LogP) is 4.39. The van der Waals surface area contributed by atoms with Crippen LogP contribution in [0, 0.1) is 5.92 Å². The maximum atomic E-state index is 13.4. The molecule has 2 aliphatic heterocycles. The van der Waals surface area contributed by atoms with Crippen molar-refractivity contribution >= 4 is 29.1 Å².